The second-order valence-corrected chi connectivity index (χ2v) is 7.88. The molecule has 1 aromatic carbocycles. The molecule has 27 heavy (non-hydrogen) atoms. The van der Waals surface area contributed by atoms with Gasteiger partial charge in [0.1, 0.15) is 12.6 Å². The zero-order chi connectivity index (χ0) is 19.4. The summed E-state index contributed by atoms with van der Waals surface area (Å²) in [6, 6.07) is 7.55. The number of imidazole rings is 1. The molecule has 3 rings (SSSR count). The normalized spacial score (nSPS) is 22.7. The molecule has 1 aromatic heterocycles. The van der Waals surface area contributed by atoms with Crippen LogP contribution in [0.25, 0.3) is 11.0 Å². The third-order valence-electron chi connectivity index (χ3n) is 5.42. The molecule has 0 N–H and O–H groups in total. The van der Waals surface area contributed by atoms with E-state index in [1.165, 1.54) is 6.42 Å². The summed E-state index contributed by atoms with van der Waals surface area (Å²) in [7, 11) is 0. The number of nitrogens with zero attached hydrogens (tertiary/aromatic N) is 2. The smallest absolute Gasteiger partial charge is 0.344 e. The number of ether oxygens (including phenoxy) is 2. The van der Waals surface area contributed by atoms with Gasteiger partial charge in [-0.1, -0.05) is 39.3 Å². The molecule has 1 saturated carbocycles. The fourth-order valence-corrected chi connectivity index (χ4v) is 3.91. The predicted octanol–water partition coefficient (Wildman–Crippen LogP) is 3.58. The third kappa shape index (κ3) is 4.87. The van der Waals surface area contributed by atoms with Crippen molar-refractivity contribution in [3.63, 3.8) is 0 Å². The average Bonchev–Trinajstić information content (AvgIpc) is 3.03. The monoisotopic (exact) mass is 372 g/mol. The Hall–Kier alpha value is -2.37. The van der Waals surface area contributed by atoms with Crippen LogP contribution in [-0.2, 0) is 25.6 Å². The Kier molecular flexibility index (Phi) is 6.14. The zero-order valence-electron chi connectivity index (χ0n) is 16.3. The Balaban J connectivity index is 1.50. The Morgan fingerprint density at radius 3 is 2.78 bits per heavy atom. The number of fused-ring (bicyclic) bond motifs is 1. The molecule has 146 valence electrons. The van der Waals surface area contributed by atoms with Gasteiger partial charge in [-0.05, 0) is 42.7 Å². The topological polar surface area (TPSA) is 70.4 Å². The molecular formula is C21H28N2O4. The number of rotatable bonds is 6. The highest BCUT2D eigenvalue weighted by atomic mass is 16.6. The van der Waals surface area contributed by atoms with Crippen molar-refractivity contribution in [2.24, 2.45) is 17.8 Å². The molecule has 1 aliphatic rings. The van der Waals surface area contributed by atoms with Crippen LogP contribution in [0.4, 0.5) is 0 Å². The molecule has 0 radical (unpaired) electrons. The van der Waals surface area contributed by atoms with Crippen LogP contribution in [0.1, 0.15) is 40.0 Å². The summed E-state index contributed by atoms with van der Waals surface area (Å²) in [4.78, 5) is 28.5. The van der Waals surface area contributed by atoms with Gasteiger partial charge in [-0.2, -0.15) is 0 Å². The average molecular weight is 372 g/mol. The van der Waals surface area contributed by atoms with Gasteiger partial charge in [0.15, 0.2) is 6.61 Å². The Morgan fingerprint density at radius 1 is 1.22 bits per heavy atom. The molecule has 0 spiro atoms. The first-order valence-corrected chi connectivity index (χ1v) is 9.69. The molecule has 1 fully saturated rings. The molecule has 0 bridgehead atoms. The van der Waals surface area contributed by atoms with Gasteiger partial charge < -0.3 is 14.0 Å². The highest BCUT2D eigenvalue weighted by molar-refractivity contribution is 5.79. The van der Waals surface area contributed by atoms with E-state index >= 15 is 0 Å². The van der Waals surface area contributed by atoms with Crippen molar-refractivity contribution in [1.29, 1.82) is 0 Å². The van der Waals surface area contributed by atoms with Gasteiger partial charge in [-0.25, -0.2) is 9.78 Å². The quantitative estimate of drug-likeness (QED) is 0.725. The van der Waals surface area contributed by atoms with Crippen LogP contribution in [-0.4, -0.2) is 34.2 Å². The van der Waals surface area contributed by atoms with Crippen LogP contribution in [0.3, 0.4) is 0 Å². The van der Waals surface area contributed by atoms with Crippen molar-refractivity contribution in [3.8, 4) is 0 Å². The zero-order valence-corrected chi connectivity index (χ0v) is 16.3. The molecule has 6 heteroatoms. The van der Waals surface area contributed by atoms with Crippen LogP contribution in [0.5, 0.6) is 0 Å². The molecule has 0 unspecified atom stereocenters. The van der Waals surface area contributed by atoms with E-state index in [1.54, 1.807) is 10.9 Å². The van der Waals surface area contributed by atoms with Crippen LogP contribution < -0.4 is 0 Å². The summed E-state index contributed by atoms with van der Waals surface area (Å²) in [5, 5.41) is 0. The van der Waals surface area contributed by atoms with Crippen LogP contribution in [0, 0.1) is 17.8 Å². The van der Waals surface area contributed by atoms with Gasteiger partial charge in [0.05, 0.1) is 17.4 Å². The molecule has 0 amide bonds. The largest absolute Gasteiger partial charge is 0.460 e. The summed E-state index contributed by atoms with van der Waals surface area (Å²) in [6.45, 7) is 6.19. The summed E-state index contributed by atoms with van der Waals surface area (Å²) in [5.74, 6) is 0.441. The number of benzene rings is 1. The van der Waals surface area contributed by atoms with Gasteiger partial charge >= 0.3 is 11.9 Å². The number of aromatic nitrogens is 2. The lowest BCUT2D eigenvalue weighted by molar-refractivity contribution is -0.167. The number of para-hydroxylation sites is 2. The maximum atomic E-state index is 12.2. The molecule has 2 aromatic rings. The van der Waals surface area contributed by atoms with Gasteiger partial charge in [-0.15, -0.1) is 0 Å². The van der Waals surface area contributed by atoms with E-state index in [-0.39, 0.29) is 19.3 Å². The fraction of sp³-hybridized carbons (Fsp3) is 0.571. The van der Waals surface area contributed by atoms with Gasteiger partial charge in [-0.3, -0.25) is 4.79 Å². The van der Waals surface area contributed by atoms with Crippen molar-refractivity contribution in [2.45, 2.75) is 52.7 Å². The Bertz CT molecular complexity index is 798. The summed E-state index contributed by atoms with van der Waals surface area (Å²) >= 11 is 0. The lowest BCUT2D eigenvalue weighted by Crippen LogP contribution is -2.37. The minimum atomic E-state index is -0.479. The highest BCUT2D eigenvalue weighted by Gasteiger charge is 2.33. The van der Waals surface area contributed by atoms with Gasteiger partial charge in [0.25, 0.3) is 0 Å². The van der Waals surface area contributed by atoms with Crippen molar-refractivity contribution in [3.05, 3.63) is 30.6 Å². The minimum absolute atomic E-state index is 0.0167. The number of carbonyl (C=O) groups excluding carboxylic acids is 2. The lowest BCUT2D eigenvalue weighted by atomic mass is 9.75. The second-order valence-electron chi connectivity index (χ2n) is 7.88. The number of carbonyl (C=O) groups is 2. The van der Waals surface area contributed by atoms with Crippen molar-refractivity contribution in [1.82, 2.24) is 9.55 Å². The first-order valence-electron chi connectivity index (χ1n) is 9.69. The number of hydrogen-bond acceptors (Lipinski definition) is 5. The van der Waals surface area contributed by atoms with E-state index in [0.29, 0.717) is 17.8 Å². The van der Waals surface area contributed by atoms with Gasteiger partial charge in [0, 0.05) is 0 Å². The maximum Gasteiger partial charge on any atom is 0.344 e. The second kappa shape index (κ2) is 8.55. The molecule has 0 saturated heterocycles. The summed E-state index contributed by atoms with van der Waals surface area (Å²) in [6.07, 6.45) is 4.64. The van der Waals surface area contributed by atoms with Crippen LogP contribution in [0.15, 0.2) is 30.6 Å². The Morgan fingerprint density at radius 2 is 2.00 bits per heavy atom. The van der Waals surface area contributed by atoms with E-state index < -0.39 is 11.9 Å². The Labute approximate surface area is 159 Å². The maximum absolute atomic E-state index is 12.2. The van der Waals surface area contributed by atoms with Crippen molar-refractivity contribution >= 4 is 23.0 Å². The third-order valence-corrected chi connectivity index (χ3v) is 5.42. The summed E-state index contributed by atoms with van der Waals surface area (Å²) < 4.78 is 12.5. The predicted molar refractivity (Wildman–Crippen MR) is 102 cm³/mol. The molecule has 0 aliphatic heterocycles. The first-order chi connectivity index (χ1) is 12.9. The van der Waals surface area contributed by atoms with E-state index in [1.807, 2.05) is 24.3 Å². The number of esters is 2. The molecule has 6 nitrogen and oxygen atoms in total. The molecular weight excluding hydrogens is 344 g/mol. The first kappa shape index (κ1) is 19.4. The highest BCUT2D eigenvalue weighted by Crippen LogP contribution is 2.35. The standard InChI is InChI=1S/C21H28N2O4/c1-14(2)16-9-8-15(3)10-19(16)27-21(25)12-26-20(24)11-23-13-22-17-6-4-5-7-18(17)23/h4-7,13-16,19H,8-12H2,1-3H3/t15-,16+,19+/m0/s1. The van der Waals surface area contributed by atoms with E-state index in [0.717, 1.165) is 23.9 Å². The molecule has 3 atom stereocenters. The number of hydrogen-bond donors (Lipinski definition) is 0. The van der Waals surface area contributed by atoms with E-state index in [2.05, 4.69) is 25.8 Å². The summed E-state index contributed by atoms with van der Waals surface area (Å²) in [5.41, 5.74) is 1.67. The van der Waals surface area contributed by atoms with E-state index in [9.17, 15) is 9.59 Å². The minimum Gasteiger partial charge on any atom is -0.460 e. The van der Waals surface area contributed by atoms with E-state index in [4.69, 9.17) is 9.47 Å². The van der Waals surface area contributed by atoms with Crippen LogP contribution >= 0.6 is 0 Å². The molecule has 1 aliphatic carbocycles. The van der Waals surface area contributed by atoms with Crippen molar-refractivity contribution < 1.29 is 19.1 Å². The fourth-order valence-electron chi connectivity index (χ4n) is 3.91. The SMILES string of the molecule is CC(C)[C@H]1CC[C@H](C)C[C@H]1OC(=O)COC(=O)Cn1cnc2ccccc21. The van der Waals surface area contributed by atoms with Crippen LogP contribution in [0.2, 0.25) is 0 Å². The van der Waals surface area contributed by atoms with Crippen molar-refractivity contribution in [2.75, 3.05) is 6.61 Å². The van der Waals surface area contributed by atoms with Gasteiger partial charge in [0.2, 0.25) is 0 Å². The lowest BCUT2D eigenvalue weighted by Gasteiger charge is -2.36. The molecule has 1 heterocycles.